The zero-order valence-electron chi connectivity index (χ0n) is 13.8. The molecule has 7 heteroatoms. The summed E-state index contributed by atoms with van der Waals surface area (Å²) in [4.78, 5) is 28.6. The van der Waals surface area contributed by atoms with Crippen LogP contribution in [-0.2, 0) is 10.3 Å². The van der Waals surface area contributed by atoms with Crippen LogP contribution in [0.15, 0.2) is 59.6 Å². The molecular formula is C18H17N3O3S. The van der Waals surface area contributed by atoms with Gasteiger partial charge < -0.3 is 5.11 Å². The number of aliphatic imine (C=N–C) groups is 1. The van der Waals surface area contributed by atoms with Gasteiger partial charge in [-0.2, -0.15) is 5.01 Å². The minimum absolute atomic E-state index is 0.172. The molecule has 128 valence electrons. The Hall–Kier alpha value is -2.80. The van der Waals surface area contributed by atoms with Crippen LogP contribution in [0.3, 0.4) is 0 Å². The van der Waals surface area contributed by atoms with E-state index in [0.717, 1.165) is 5.69 Å². The first-order valence-corrected chi connectivity index (χ1v) is 8.82. The highest BCUT2D eigenvalue weighted by molar-refractivity contribution is 8.13. The summed E-state index contributed by atoms with van der Waals surface area (Å²) >= 11 is 1.37. The lowest BCUT2D eigenvalue weighted by Crippen LogP contribution is -2.42. The maximum atomic E-state index is 13.0. The maximum absolute atomic E-state index is 13.0. The number of nitrogens with one attached hydrogen (secondary N) is 1. The summed E-state index contributed by atoms with van der Waals surface area (Å²) in [5.41, 5.74) is 3.58. The van der Waals surface area contributed by atoms with Gasteiger partial charge in [0.15, 0.2) is 10.7 Å². The van der Waals surface area contributed by atoms with E-state index in [9.17, 15) is 9.59 Å². The minimum atomic E-state index is -1.10. The maximum Gasteiger partial charge on any atom is 0.335 e. The molecule has 2 aromatic rings. The average Bonchev–Trinajstić information content (AvgIpc) is 2.88. The van der Waals surface area contributed by atoms with Crippen LogP contribution >= 0.6 is 11.8 Å². The van der Waals surface area contributed by atoms with Gasteiger partial charge in [-0.1, -0.05) is 42.1 Å². The molecule has 0 radical (unpaired) electrons. The fourth-order valence-electron chi connectivity index (χ4n) is 2.60. The third-order valence-electron chi connectivity index (χ3n) is 4.02. The van der Waals surface area contributed by atoms with E-state index in [1.165, 1.54) is 28.9 Å². The molecule has 1 amide bonds. The van der Waals surface area contributed by atoms with Gasteiger partial charge >= 0.3 is 5.97 Å². The van der Waals surface area contributed by atoms with Crippen molar-refractivity contribution in [3.8, 4) is 0 Å². The number of rotatable bonds is 4. The Bertz CT molecular complexity index is 836. The van der Waals surface area contributed by atoms with Crippen molar-refractivity contribution in [3.63, 3.8) is 0 Å². The fourth-order valence-corrected chi connectivity index (χ4v) is 3.18. The van der Waals surface area contributed by atoms with Crippen molar-refractivity contribution in [1.82, 2.24) is 5.01 Å². The van der Waals surface area contributed by atoms with Crippen molar-refractivity contribution >= 4 is 34.5 Å². The number of carboxylic acid groups (broad SMARTS) is 1. The van der Waals surface area contributed by atoms with Gasteiger partial charge in [-0.25, -0.2) is 9.79 Å². The van der Waals surface area contributed by atoms with Crippen molar-refractivity contribution < 1.29 is 14.7 Å². The van der Waals surface area contributed by atoms with E-state index in [4.69, 9.17) is 5.11 Å². The lowest BCUT2D eigenvalue weighted by molar-refractivity contribution is -0.129. The molecule has 6 nitrogen and oxygen atoms in total. The second-order valence-corrected chi connectivity index (χ2v) is 6.45. The fraction of sp³-hybridized carbons (Fsp3) is 0.167. The van der Waals surface area contributed by atoms with E-state index < -0.39 is 11.5 Å². The van der Waals surface area contributed by atoms with Gasteiger partial charge in [0, 0.05) is 0 Å². The van der Waals surface area contributed by atoms with Gasteiger partial charge in [0.05, 0.1) is 11.3 Å². The zero-order valence-corrected chi connectivity index (χ0v) is 14.6. The van der Waals surface area contributed by atoms with Crippen molar-refractivity contribution in [1.29, 1.82) is 0 Å². The number of carbonyl (C=O) groups is 2. The highest BCUT2D eigenvalue weighted by Gasteiger charge is 2.46. The van der Waals surface area contributed by atoms with Gasteiger partial charge in [0.1, 0.15) is 0 Å². The average molecular weight is 355 g/mol. The predicted molar refractivity (Wildman–Crippen MR) is 98.6 cm³/mol. The number of para-hydroxylation sites is 1. The van der Waals surface area contributed by atoms with Crippen molar-refractivity contribution in [2.24, 2.45) is 4.99 Å². The third-order valence-corrected chi connectivity index (χ3v) is 4.66. The van der Waals surface area contributed by atoms with Crippen molar-refractivity contribution in [2.75, 3.05) is 11.7 Å². The van der Waals surface area contributed by atoms with E-state index in [1.54, 1.807) is 19.1 Å². The van der Waals surface area contributed by atoms with E-state index >= 15 is 0 Å². The Balaban J connectivity index is 1.93. The Morgan fingerprint density at radius 3 is 2.36 bits per heavy atom. The second-order valence-electron chi connectivity index (χ2n) is 5.67. The van der Waals surface area contributed by atoms with Gasteiger partial charge in [-0.15, -0.1) is 0 Å². The summed E-state index contributed by atoms with van der Waals surface area (Å²) in [6.07, 6.45) is 1.85. The summed E-state index contributed by atoms with van der Waals surface area (Å²) in [7, 11) is 0. The lowest BCUT2D eigenvalue weighted by Gasteiger charge is -2.24. The molecule has 0 saturated carbocycles. The van der Waals surface area contributed by atoms with Crippen LogP contribution in [0.1, 0.15) is 22.8 Å². The summed E-state index contributed by atoms with van der Waals surface area (Å²) < 4.78 is 0. The molecule has 0 aromatic heterocycles. The normalized spacial score (nSPS) is 19.7. The van der Waals surface area contributed by atoms with Crippen LogP contribution in [0, 0.1) is 0 Å². The van der Waals surface area contributed by atoms with Gasteiger partial charge in [0.2, 0.25) is 0 Å². The highest BCUT2D eigenvalue weighted by Crippen LogP contribution is 2.35. The molecule has 25 heavy (non-hydrogen) atoms. The molecule has 3 rings (SSSR count). The Labute approximate surface area is 149 Å². The molecule has 2 aromatic carbocycles. The number of hydrazine groups is 1. The number of amides is 1. The van der Waals surface area contributed by atoms with E-state index in [1.807, 2.05) is 36.6 Å². The number of amidine groups is 1. The predicted octanol–water partition coefficient (Wildman–Crippen LogP) is 3.19. The number of hydrogen-bond acceptors (Lipinski definition) is 5. The molecule has 1 heterocycles. The molecule has 1 unspecified atom stereocenters. The largest absolute Gasteiger partial charge is 0.478 e. The van der Waals surface area contributed by atoms with Crippen LogP contribution in [0.4, 0.5) is 5.69 Å². The number of aromatic carboxylic acids is 1. The van der Waals surface area contributed by atoms with Crippen LogP contribution < -0.4 is 5.43 Å². The van der Waals surface area contributed by atoms with Crippen LogP contribution in [0.25, 0.3) is 0 Å². The molecule has 2 N–H and O–H groups in total. The minimum Gasteiger partial charge on any atom is -0.478 e. The molecule has 0 fully saturated rings. The first-order chi connectivity index (χ1) is 12.0. The number of nitrogens with zero attached hydrogens (tertiary/aromatic N) is 2. The molecule has 1 aliphatic rings. The Morgan fingerprint density at radius 1 is 1.16 bits per heavy atom. The monoisotopic (exact) mass is 355 g/mol. The summed E-state index contributed by atoms with van der Waals surface area (Å²) in [6, 6.07) is 15.6. The molecule has 0 spiro atoms. The molecule has 0 bridgehead atoms. The quantitative estimate of drug-likeness (QED) is 0.880. The topological polar surface area (TPSA) is 82.0 Å². The molecule has 1 aliphatic heterocycles. The molecule has 1 atom stereocenters. The SMILES string of the molecule is CSC1=NC(C)(c2ccc(C(=O)O)cc2)C(=O)N1Nc1ccccc1. The van der Waals surface area contributed by atoms with Crippen molar-refractivity contribution in [2.45, 2.75) is 12.5 Å². The summed E-state index contributed by atoms with van der Waals surface area (Å²) in [5.74, 6) is -1.22. The number of thioether (sulfide) groups is 1. The van der Waals surface area contributed by atoms with Gasteiger partial charge in [-0.05, 0) is 43.0 Å². The number of benzene rings is 2. The smallest absolute Gasteiger partial charge is 0.335 e. The highest BCUT2D eigenvalue weighted by atomic mass is 32.2. The number of hydrogen-bond donors (Lipinski definition) is 2. The lowest BCUT2D eigenvalue weighted by atomic mass is 9.92. The molecule has 0 aliphatic carbocycles. The standard InChI is InChI=1S/C18H17N3O3S/c1-18(13-10-8-12(9-11-13)15(22)23)16(24)21(17(19-18)25-2)20-14-6-4-3-5-7-14/h3-11,20H,1-2H3,(H,22,23). The zero-order chi connectivity index (χ0) is 18.0. The van der Waals surface area contributed by atoms with Crippen LogP contribution in [-0.4, -0.2) is 33.4 Å². The summed E-state index contributed by atoms with van der Waals surface area (Å²) in [6.45, 7) is 1.73. The van der Waals surface area contributed by atoms with Crippen molar-refractivity contribution in [3.05, 3.63) is 65.7 Å². The summed E-state index contributed by atoms with van der Waals surface area (Å²) in [5, 5.41) is 11.0. The number of anilines is 1. The second kappa shape index (κ2) is 6.60. The van der Waals surface area contributed by atoms with E-state index in [-0.39, 0.29) is 11.5 Å². The molecular weight excluding hydrogens is 338 g/mol. The van der Waals surface area contributed by atoms with Gasteiger partial charge in [0.25, 0.3) is 5.91 Å². The van der Waals surface area contributed by atoms with Crippen LogP contribution in [0.5, 0.6) is 0 Å². The number of carboxylic acids is 1. The first-order valence-electron chi connectivity index (χ1n) is 7.59. The van der Waals surface area contributed by atoms with Gasteiger partial charge in [-0.3, -0.25) is 10.2 Å². The van der Waals surface area contributed by atoms with Crippen LogP contribution in [0.2, 0.25) is 0 Å². The first kappa shape index (κ1) is 17.0. The van der Waals surface area contributed by atoms with E-state index in [0.29, 0.717) is 10.7 Å². The Kier molecular flexibility index (Phi) is 4.50. The van der Waals surface area contributed by atoms with E-state index in [2.05, 4.69) is 10.4 Å². The third kappa shape index (κ3) is 3.10. The Morgan fingerprint density at radius 2 is 1.80 bits per heavy atom. The number of carbonyl (C=O) groups excluding carboxylic acids is 1. The molecule has 0 saturated heterocycles.